The maximum Gasteiger partial charge on any atom is 0.325 e. The molecule has 7 nitrogen and oxygen atoms in total. The molecule has 1 atom stereocenters. The van der Waals surface area contributed by atoms with Gasteiger partial charge in [-0.05, 0) is 48.9 Å². The summed E-state index contributed by atoms with van der Waals surface area (Å²) in [7, 11) is 1.62. The van der Waals surface area contributed by atoms with Gasteiger partial charge in [0.2, 0.25) is 5.91 Å². The van der Waals surface area contributed by atoms with Gasteiger partial charge in [-0.15, -0.1) is 11.3 Å². The van der Waals surface area contributed by atoms with Crippen molar-refractivity contribution in [1.82, 2.24) is 15.1 Å². The van der Waals surface area contributed by atoms with Crippen molar-refractivity contribution in [1.29, 1.82) is 0 Å². The van der Waals surface area contributed by atoms with Gasteiger partial charge in [-0.25, -0.2) is 4.79 Å². The summed E-state index contributed by atoms with van der Waals surface area (Å²) >= 11 is 1.66. The number of benzene rings is 1. The molecule has 4 rings (SSSR count). The van der Waals surface area contributed by atoms with Gasteiger partial charge >= 0.3 is 6.03 Å². The molecule has 0 unspecified atom stereocenters. The van der Waals surface area contributed by atoms with Crippen molar-refractivity contribution in [3.8, 4) is 5.75 Å². The molecular weight excluding hydrogens is 438 g/mol. The third-order valence-corrected chi connectivity index (χ3v) is 7.59. The van der Waals surface area contributed by atoms with Gasteiger partial charge in [-0.3, -0.25) is 14.5 Å². The predicted molar refractivity (Wildman–Crippen MR) is 127 cm³/mol. The molecule has 2 heterocycles. The fraction of sp³-hybridized carbons (Fsp3) is 0.480. The van der Waals surface area contributed by atoms with Crippen LogP contribution in [0.15, 0.2) is 41.8 Å². The number of hydrogen-bond donors (Lipinski definition) is 1. The van der Waals surface area contributed by atoms with E-state index in [9.17, 15) is 14.4 Å². The van der Waals surface area contributed by atoms with Crippen molar-refractivity contribution < 1.29 is 19.1 Å². The van der Waals surface area contributed by atoms with Gasteiger partial charge in [-0.1, -0.05) is 37.5 Å². The predicted octanol–water partition coefficient (Wildman–Crippen LogP) is 3.97. The average Bonchev–Trinajstić information content (AvgIpc) is 3.40. The Labute approximate surface area is 198 Å². The number of imide groups is 1. The standard InChI is InChI=1S/C25H31N3O4S/c1-18(15-21-7-6-14-33-21)27(16-19-8-10-20(32-2)11-9-19)22(29)17-28-23(30)25(26-24(28)31)12-4-3-5-13-25/h6-11,14,18H,3-5,12-13,15-17H2,1-2H3,(H,26,31)/t18-/m1/s1. The van der Waals surface area contributed by atoms with Crippen molar-refractivity contribution in [2.75, 3.05) is 13.7 Å². The van der Waals surface area contributed by atoms with E-state index < -0.39 is 11.6 Å². The smallest absolute Gasteiger partial charge is 0.325 e. The molecule has 1 aromatic heterocycles. The highest BCUT2D eigenvalue weighted by molar-refractivity contribution is 7.09. The molecular formula is C25H31N3O4S. The number of hydrogen-bond acceptors (Lipinski definition) is 5. The minimum absolute atomic E-state index is 0.0948. The van der Waals surface area contributed by atoms with E-state index in [0.29, 0.717) is 25.8 Å². The molecule has 1 N–H and O–H groups in total. The fourth-order valence-corrected chi connectivity index (χ4v) is 5.61. The molecule has 1 aliphatic heterocycles. The van der Waals surface area contributed by atoms with Crippen LogP contribution in [0.1, 0.15) is 49.5 Å². The maximum atomic E-state index is 13.5. The molecule has 4 amide bonds. The topological polar surface area (TPSA) is 79.0 Å². The molecule has 1 aromatic carbocycles. The summed E-state index contributed by atoms with van der Waals surface area (Å²) in [6.45, 7) is 2.16. The second-order valence-electron chi connectivity index (χ2n) is 8.97. The van der Waals surface area contributed by atoms with E-state index in [1.165, 1.54) is 4.88 Å². The van der Waals surface area contributed by atoms with Gasteiger partial charge in [0, 0.05) is 23.9 Å². The van der Waals surface area contributed by atoms with Crippen LogP contribution in [0, 0.1) is 0 Å². The lowest BCUT2D eigenvalue weighted by molar-refractivity contribution is -0.141. The summed E-state index contributed by atoms with van der Waals surface area (Å²) in [5.41, 5.74) is 0.141. The highest BCUT2D eigenvalue weighted by atomic mass is 32.1. The van der Waals surface area contributed by atoms with Crippen LogP contribution < -0.4 is 10.1 Å². The Morgan fingerprint density at radius 1 is 1.18 bits per heavy atom. The normalized spacial score (nSPS) is 18.3. The molecule has 2 aliphatic rings. The zero-order valence-electron chi connectivity index (χ0n) is 19.2. The zero-order chi connectivity index (χ0) is 23.4. The van der Waals surface area contributed by atoms with E-state index >= 15 is 0 Å². The monoisotopic (exact) mass is 469 g/mol. The van der Waals surface area contributed by atoms with Crippen LogP contribution in [-0.4, -0.2) is 52.9 Å². The number of thiophene rings is 1. The first-order valence-corrected chi connectivity index (χ1v) is 12.4. The maximum absolute atomic E-state index is 13.5. The van der Waals surface area contributed by atoms with E-state index in [1.54, 1.807) is 23.3 Å². The zero-order valence-corrected chi connectivity index (χ0v) is 20.0. The fourth-order valence-electron chi connectivity index (χ4n) is 4.79. The first-order valence-electron chi connectivity index (χ1n) is 11.5. The second-order valence-corrected chi connectivity index (χ2v) is 10.00. The summed E-state index contributed by atoms with van der Waals surface area (Å²) in [4.78, 5) is 43.4. The number of carbonyl (C=O) groups excluding carboxylic acids is 3. The molecule has 1 saturated heterocycles. The third-order valence-electron chi connectivity index (χ3n) is 6.69. The minimum atomic E-state index is -0.820. The first-order chi connectivity index (χ1) is 15.9. The Hall–Kier alpha value is -2.87. The Bertz CT molecular complexity index is 984. The molecule has 8 heteroatoms. The van der Waals surface area contributed by atoms with Crippen molar-refractivity contribution in [3.05, 3.63) is 52.2 Å². The number of amides is 4. The van der Waals surface area contributed by atoms with Crippen molar-refractivity contribution in [2.45, 2.75) is 63.6 Å². The van der Waals surface area contributed by atoms with E-state index in [1.807, 2.05) is 42.6 Å². The van der Waals surface area contributed by atoms with E-state index in [4.69, 9.17) is 4.74 Å². The number of nitrogens with zero attached hydrogens (tertiary/aromatic N) is 2. The van der Waals surface area contributed by atoms with Gasteiger partial charge in [0.25, 0.3) is 5.91 Å². The van der Waals surface area contributed by atoms with Gasteiger partial charge in [-0.2, -0.15) is 0 Å². The Kier molecular flexibility index (Phi) is 7.02. The van der Waals surface area contributed by atoms with Crippen molar-refractivity contribution >= 4 is 29.2 Å². The molecule has 0 radical (unpaired) electrons. The molecule has 33 heavy (non-hydrogen) atoms. The lowest BCUT2D eigenvalue weighted by Gasteiger charge is -2.32. The summed E-state index contributed by atoms with van der Waals surface area (Å²) in [5, 5.41) is 4.92. The number of ether oxygens (including phenoxy) is 1. The van der Waals surface area contributed by atoms with Gasteiger partial charge < -0.3 is 15.0 Å². The highest BCUT2D eigenvalue weighted by Gasteiger charge is 2.51. The van der Waals surface area contributed by atoms with E-state index in [-0.39, 0.29) is 24.4 Å². The van der Waals surface area contributed by atoms with Crippen LogP contribution in [0.5, 0.6) is 5.75 Å². The number of nitrogens with one attached hydrogen (secondary N) is 1. The average molecular weight is 470 g/mol. The van der Waals surface area contributed by atoms with Crippen LogP contribution in [-0.2, 0) is 22.6 Å². The Morgan fingerprint density at radius 2 is 1.91 bits per heavy atom. The van der Waals surface area contributed by atoms with Crippen LogP contribution >= 0.6 is 11.3 Å². The molecule has 1 spiro atoms. The molecule has 2 fully saturated rings. The first kappa shape index (κ1) is 23.3. The summed E-state index contributed by atoms with van der Waals surface area (Å²) < 4.78 is 5.24. The molecule has 1 saturated carbocycles. The Morgan fingerprint density at radius 3 is 2.55 bits per heavy atom. The quantitative estimate of drug-likeness (QED) is 0.594. The lowest BCUT2D eigenvalue weighted by Crippen LogP contribution is -2.49. The summed E-state index contributed by atoms with van der Waals surface area (Å²) in [6, 6.07) is 11.1. The number of urea groups is 1. The Balaban J connectivity index is 1.51. The van der Waals surface area contributed by atoms with Crippen LogP contribution in [0.2, 0.25) is 0 Å². The number of rotatable bonds is 8. The van der Waals surface area contributed by atoms with E-state index in [2.05, 4.69) is 11.4 Å². The van der Waals surface area contributed by atoms with Gasteiger partial charge in [0.15, 0.2) is 0 Å². The molecule has 1 aliphatic carbocycles. The van der Waals surface area contributed by atoms with E-state index in [0.717, 1.165) is 35.5 Å². The van der Waals surface area contributed by atoms with Crippen molar-refractivity contribution in [2.24, 2.45) is 0 Å². The third kappa shape index (κ3) is 5.05. The van der Waals surface area contributed by atoms with Crippen molar-refractivity contribution in [3.63, 3.8) is 0 Å². The van der Waals surface area contributed by atoms with Gasteiger partial charge in [0.05, 0.1) is 7.11 Å². The largest absolute Gasteiger partial charge is 0.497 e. The minimum Gasteiger partial charge on any atom is -0.497 e. The van der Waals surface area contributed by atoms with Crippen LogP contribution in [0.25, 0.3) is 0 Å². The molecule has 0 bridgehead atoms. The summed E-state index contributed by atoms with van der Waals surface area (Å²) in [5.74, 6) is 0.266. The number of methoxy groups -OCH3 is 1. The molecule has 176 valence electrons. The van der Waals surface area contributed by atoms with Crippen LogP contribution in [0.4, 0.5) is 4.79 Å². The highest BCUT2D eigenvalue weighted by Crippen LogP contribution is 2.33. The van der Waals surface area contributed by atoms with Gasteiger partial charge in [0.1, 0.15) is 17.8 Å². The lowest BCUT2D eigenvalue weighted by atomic mass is 9.82. The number of carbonyl (C=O) groups is 3. The second kappa shape index (κ2) is 9.95. The summed E-state index contributed by atoms with van der Waals surface area (Å²) in [6.07, 6.45) is 4.90. The SMILES string of the molecule is COc1ccc(CN(C(=O)CN2C(=O)NC3(CCCCC3)C2=O)[C@H](C)Cc2cccs2)cc1. The molecule has 2 aromatic rings. The van der Waals surface area contributed by atoms with Crippen LogP contribution in [0.3, 0.4) is 0 Å².